The molecule has 8 nitrogen and oxygen atoms in total. The maximum Gasteiger partial charge on any atom is 0.213 e. The van der Waals surface area contributed by atoms with Gasteiger partial charge in [-0.25, -0.2) is 18.5 Å². The average Bonchev–Trinajstić information content (AvgIpc) is 3.06. The Hall–Kier alpha value is -3.03. The highest BCUT2D eigenvalue weighted by Gasteiger charge is 2.12. The van der Waals surface area contributed by atoms with Crippen LogP contribution in [0.2, 0.25) is 0 Å². The highest BCUT2D eigenvalue weighted by Crippen LogP contribution is 2.19. The fraction of sp³-hybridized carbons (Fsp3) is 0.158. The van der Waals surface area contributed by atoms with Crippen LogP contribution in [-0.2, 0) is 22.3 Å². The van der Waals surface area contributed by atoms with Crippen LogP contribution >= 0.6 is 0 Å². The first-order valence-electron chi connectivity index (χ1n) is 8.39. The maximum absolute atomic E-state index is 11.2. The van der Waals surface area contributed by atoms with Gasteiger partial charge in [-0.15, -0.1) is 0 Å². The van der Waals surface area contributed by atoms with Crippen LogP contribution in [0.1, 0.15) is 16.7 Å². The van der Waals surface area contributed by atoms with E-state index in [9.17, 15) is 18.8 Å². The second-order valence-electron chi connectivity index (χ2n) is 6.27. The van der Waals surface area contributed by atoms with Gasteiger partial charge in [-0.1, -0.05) is 24.3 Å². The molecule has 28 heavy (non-hydrogen) atoms. The molecule has 0 amide bonds. The lowest BCUT2D eigenvalue weighted by molar-refractivity contribution is 0.176. The van der Waals surface area contributed by atoms with Gasteiger partial charge in [-0.05, 0) is 29.3 Å². The van der Waals surface area contributed by atoms with Gasteiger partial charge >= 0.3 is 0 Å². The predicted octanol–water partition coefficient (Wildman–Crippen LogP) is 1.37. The third kappa shape index (κ3) is 5.03. The Kier molecular flexibility index (Phi) is 5.87. The monoisotopic (exact) mass is 397 g/mol. The Bertz CT molecular complexity index is 1160. The molecule has 1 atom stereocenters. The zero-order valence-corrected chi connectivity index (χ0v) is 15.6. The molecule has 9 heteroatoms. The second kappa shape index (κ2) is 8.33. The molecule has 0 saturated heterocycles. The normalized spacial score (nSPS) is 13.4. The smallest absolute Gasteiger partial charge is 0.213 e. The largest absolute Gasteiger partial charge is 0.374 e. The number of pyridine rings is 1. The number of aliphatic hydroxyl groups is 1. The van der Waals surface area contributed by atoms with E-state index in [4.69, 9.17) is 5.14 Å². The van der Waals surface area contributed by atoms with E-state index in [2.05, 4.69) is 15.3 Å². The molecule has 144 valence electrons. The number of rotatable bonds is 7. The average molecular weight is 397 g/mol. The fourth-order valence-electron chi connectivity index (χ4n) is 2.82. The quantitative estimate of drug-likeness (QED) is 0.350. The van der Waals surface area contributed by atoms with E-state index in [1.165, 1.54) is 0 Å². The van der Waals surface area contributed by atoms with Crippen LogP contribution in [0, 0.1) is 11.3 Å². The molecule has 0 aliphatic heterocycles. The number of H-pyrrole nitrogens is 1. The molecule has 0 radical (unpaired) electrons. The Morgan fingerprint density at radius 2 is 2.14 bits per heavy atom. The Labute approximate surface area is 162 Å². The summed E-state index contributed by atoms with van der Waals surface area (Å²) < 4.78 is 22.4. The molecule has 2 heterocycles. The summed E-state index contributed by atoms with van der Waals surface area (Å²) in [6, 6.07) is 12.5. The Morgan fingerprint density at radius 1 is 1.36 bits per heavy atom. The molecule has 0 aliphatic carbocycles. The summed E-state index contributed by atoms with van der Waals surface area (Å²) >= 11 is 0. The van der Waals surface area contributed by atoms with E-state index >= 15 is 0 Å². The van der Waals surface area contributed by atoms with Gasteiger partial charge in [0, 0.05) is 29.9 Å². The van der Waals surface area contributed by atoms with Crippen molar-refractivity contribution in [2.45, 2.75) is 18.5 Å². The van der Waals surface area contributed by atoms with E-state index in [1.54, 1.807) is 48.8 Å². The van der Waals surface area contributed by atoms with Crippen molar-refractivity contribution in [1.82, 2.24) is 15.3 Å². The van der Waals surface area contributed by atoms with Crippen LogP contribution in [0.4, 0.5) is 0 Å². The van der Waals surface area contributed by atoms with Gasteiger partial charge < -0.3 is 10.1 Å². The number of fused-ring (bicyclic) bond motifs is 1. The molecule has 1 unspecified atom stereocenters. The second-order valence-corrected chi connectivity index (χ2v) is 7.88. The molecule has 3 rings (SSSR count). The van der Waals surface area contributed by atoms with Crippen molar-refractivity contribution < 1.29 is 13.5 Å². The lowest BCUT2D eigenvalue weighted by Gasteiger charge is -2.12. The number of aliphatic hydroxyl groups excluding tert-OH is 1. The zero-order chi connectivity index (χ0) is 20.1. The Balaban J connectivity index is 1.72. The highest BCUT2D eigenvalue weighted by molar-refractivity contribution is 7.88. The van der Waals surface area contributed by atoms with Crippen molar-refractivity contribution in [3.05, 3.63) is 71.1 Å². The number of nitrogens with two attached hydrogens (primary N) is 1. The minimum absolute atomic E-state index is 0.144. The van der Waals surface area contributed by atoms with Crippen LogP contribution in [0.5, 0.6) is 0 Å². The minimum Gasteiger partial charge on any atom is -0.374 e. The number of primary sulfonamides is 1. The molecule has 0 spiro atoms. The van der Waals surface area contributed by atoms with Gasteiger partial charge in [0.1, 0.15) is 11.9 Å². The van der Waals surface area contributed by atoms with Gasteiger partial charge in [0.05, 0.1) is 17.4 Å². The van der Waals surface area contributed by atoms with Gasteiger partial charge in [0.2, 0.25) is 10.0 Å². The van der Waals surface area contributed by atoms with Crippen LogP contribution in [0.15, 0.2) is 54.4 Å². The zero-order valence-electron chi connectivity index (χ0n) is 14.8. The van der Waals surface area contributed by atoms with Gasteiger partial charge in [0.25, 0.3) is 0 Å². The highest BCUT2D eigenvalue weighted by atomic mass is 32.2. The molecular formula is C19H19N5O3S. The van der Waals surface area contributed by atoms with Crippen molar-refractivity contribution in [3.63, 3.8) is 0 Å². The van der Waals surface area contributed by atoms with Crippen molar-refractivity contribution in [2.75, 3.05) is 0 Å². The summed E-state index contributed by atoms with van der Waals surface area (Å²) in [7, 11) is -3.62. The van der Waals surface area contributed by atoms with Crippen LogP contribution < -0.4 is 10.5 Å². The van der Waals surface area contributed by atoms with Crippen molar-refractivity contribution >= 4 is 27.1 Å². The molecule has 0 bridgehead atoms. The summed E-state index contributed by atoms with van der Waals surface area (Å²) in [6.45, 7) is 0.244. The third-order valence-corrected chi connectivity index (χ3v) is 4.81. The number of aromatic amines is 1. The van der Waals surface area contributed by atoms with E-state index < -0.39 is 16.3 Å². The number of benzene rings is 1. The summed E-state index contributed by atoms with van der Waals surface area (Å²) in [4.78, 5) is 7.20. The SMILES string of the molecule is N#C/C(=C\c1c[nH]c2ncccc12)C(O)NCc1cccc(CS(N)(=O)=O)c1. The molecular weight excluding hydrogens is 378 g/mol. The fourth-order valence-corrected chi connectivity index (χ4v) is 3.47. The number of aromatic nitrogens is 2. The maximum atomic E-state index is 11.2. The predicted molar refractivity (Wildman–Crippen MR) is 106 cm³/mol. The molecule has 2 aromatic heterocycles. The van der Waals surface area contributed by atoms with E-state index in [-0.39, 0.29) is 17.9 Å². The first-order valence-corrected chi connectivity index (χ1v) is 10.1. The minimum atomic E-state index is -3.62. The van der Waals surface area contributed by atoms with E-state index in [0.29, 0.717) is 11.2 Å². The number of nitrogens with one attached hydrogen (secondary N) is 2. The molecule has 1 aromatic carbocycles. The molecule has 5 N–H and O–H groups in total. The first-order chi connectivity index (χ1) is 13.4. The molecule has 3 aromatic rings. The number of nitrogens with zero attached hydrogens (tertiary/aromatic N) is 2. The van der Waals surface area contributed by atoms with Gasteiger partial charge in [-0.3, -0.25) is 5.32 Å². The van der Waals surface area contributed by atoms with Crippen LogP contribution in [-0.4, -0.2) is 29.7 Å². The van der Waals surface area contributed by atoms with Crippen molar-refractivity contribution in [3.8, 4) is 6.07 Å². The topological polar surface area (TPSA) is 145 Å². The van der Waals surface area contributed by atoms with Gasteiger partial charge in [-0.2, -0.15) is 5.26 Å². The van der Waals surface area contributed by atoms with Crippen molar-refractivity contribution in [2.24, 2.45) is 5.14 Å². The van der Waals surface area contributed by atoms with Crippen LogP contribution in [0.3, 0.4) is 0 Å². The van der Waals surface area contributed by atoms with Crippen molar-refractivity contribution in [1.29, 1.82) is 5.26 Å². The van der Waals surface area contributed by atoms with E-state index in [1.807, 2.05) is 12.1 Å². The summed E-state index contributed by atoms with van der Waals surface area (Å²) in [5, 5.41) is 28.5. The number of nitriles is 1. The molecule has 0 saturated carbocycles. The van der Waals surface area contributed by atoms with E-state index in [0.717, 1.165) is 16.5 Å². The lowest BCUT2D eigenvalue weighted by Crippen LogP contribution is -2.29. The third-order valence-electron chi connectivity index (χ3n) is 4.08. The summed E-state index contributed by atoms with van der Waals surface area (Å²) in [5.41, 5.74) is 2.90. The summed E-state index contributed by atoms with van der Waals surface area (Å²) in [6.07, 6.45) is 3.79. The first kappa shape index (κ1) is 19.7. The molecule has 0 aliphatic rings. The Morgan fingerprint density at radius 3 is 2.89 bits per heavy atom. The summed E-state index contributed by atoms with van der Waals surface area (Å²) in [5.74, 6) is -0.263. The number of hydrogen-bond donors (Lipinski definition) is 4. The van der Waals surface area contributed by atoms with Crippen LogP contribution in [0.25, 0.3) is 17.1 Å². The number of hydrogen-bond acceptors (Lipinski definition) is 6. The number of sulfonamides is 1. The van der Waals surface area contributed by atoms with Gasteiger partial charge in [0.15, 0.2) is 0 Å². The standard InChI is InChI=1S/C19H19N5O3S/c20-9-15(8-16-11-23-18-17(16)5-2-6-22-18)19(25)24-10-13-3-1-4-14(7-13)12-28(21,26)27/h1-8,11,19,24-25H,10,12H2,(H,22,23)(H2,21,26,27)/b15-8+. The lowest BCUT2D eigenvalue weighted by atomic mass is 10.1. The molecule has 0 fully saturated rings.